The molecule has 7 heteroatoms. The summed E-state index contributed by atoms with van der Waals surface area (Å²) in [5.74, 6) is 0.183. The van der Waals surface area contributed by atoms with Crippen LogP contribution in [0, 0.1) is 0 Å². The van der Waals surface area contributed by atoms with Gasteiger partial charge in [0.05, 0.1) is 14.7 Å². The normalized spacial score (nSPS) is 17.9. The van der Waals surface area contributed by atoms with E-state index in [-0.39, 0.29) is 11.9 Å². The van der Waals surface area contributed by atoms with Gasteiger partial charge in [0.15, 0.2) is 0 Å². The molecule has 3 rings (SSSR count). The maximum atomic E-state index is 12.7. The molecule has 3 heterocycles. The predicted octanol–water partition coefficient (Wildman–Crippen LogP) is 3.95. The van der Waals surface area contributed by atoms with Crippen LogP contribution in [0.4, 0.5) is 0 Å². The average Bonchev–Trinajstić information content (AvgIpc) is 2.93. The van der Waals surface area contributed by atoms with Gasteiger partial charge in [0.1, 0.15) is 0 Å². The number of carbonyl (C=O) groups is 1. The summed E-state index contributed by atoms with van der Waals surface area (Å²) in [4.78, 5) is 18.8. The molecule has 0 saturated carbocycles. The molecule has 24 heavy (non-hydrogen) atoms. The molecule has 1 fully saturated rings. The smallest absolute Gasteiger partial charge is 0.223 e. The summed E-state index contributed by atoms with van der Waals surface area (Å²) < 4.78 is 1.42. The van der Waals surface area contributed by atoms with E-state index in [4.69, 9.17) is 23.2 Å². The molecule has 1 amide bonds. The Labute approximate surface area is 155 Å². The zero-order valence-corrected chi connectivity index (χ0v) is 15.5. The number of nitrogens with one attached hydrogen (secondary N) is 1. The fraction of sp³-hybridized carbons (Fsp3) is 0.412. The van der Waals surface area contributed by atoms with Crippen molar-refractivity contribution < 1.29 is 4.79 Å². The molecule has 0 radical (unpaired) electrons. The molecule has 0 aromatic carbocycles. The highest BCUT2D eigenvalue weighted by Gasteiger charge is 2.27. The molecule has 2 aromatic rings. The van der Waals surface area contributed by atoms with Crippen LogP contribution in [0.3, 0.4) is 0 Å². The molecule has 128 valence electrons. The molecule has 0 aliphatic carbocycles. The molecule has 0 bridgehead atoms. The first-order valence-electron chi connectivity index (χ1n) is 7.99. The molecule has 1 atom stereocenters. The standard InChI is InChI=1S/C17H19Cl2N3OS/c18-15-9-12(17(19)24-15)3-1-5-16(23)22-8-7-21-11-14(22)13-4-2-6-20-10-13/h2,4,6,9-10,14,21H,1,3,5,7-8,11H2. The summed E-state index contributed by atoms with van der Waals surface area (Å²) in [6.07, 6.45) is 5.65. The van der Waals surface area contributed by atoms with Crippen molar-refractivity contribution >= 4 is 40.4 Å². The Hall–Kier alpha value is -1.14. The Morgan fingerprint density at radius 1 is 1.46 bits per heavy atom. The van der Waals surface area contributed by atoms with Gasteiger partial charge >= 0.3 is 0 Å². The quantitative estimate of drug-likeness (QED) is 0.849. The topological polar surface area (TPSA) is 45.2 Å². The van der Waals surface area contributed by atoms with Gasteiger partial charge in [-0.3, -0.25) is 9.78 Å². The highest BCUT2D eigenvalue weighted by molar-refractivity contribution is 7.20. The summed E-state index contributed by atoms with van der Waals surface area (Å²) in [6.45, 7) is 2.32. The number of aromatic nitrogens is 1. The van der Waals surface area contributed by atoms with Crippen LogP contribution in [0.2, 0.25) is 8.67 Å². The van der Waals surface area contributed by atoms with Gasteiger partial charge in [0.2, 0.25) is 5.91 Å². The van der Waals surface area contributed by atoms with E-state index in [9.17, 15) is 4.79 Å². The van der Waals surface area contributed by atoms with Crippen LogP contribution in [-0.2, 0) is 11.2 Å². The number of carbonyl (C=O) groups excluding carboxylic acids is 1. The van der Waals surface area contributed by atoms with E-state index in [0.717, 1.165) is 47.9 Å². The van der Waals surface area contributed by atoms with E-state index in [2.05, 4.69) is 10.3 Å². The fourth-order valence-electron chi connectivity index (χ4n) is 2.99. The summed E-state index contributed by atoms with van der Waals surface area (Å²) >= 11 is 13.5. The fourth-order valence-corrected chi connectivity index (χ4v) is 4.54. The minimum Gasteiger partial charge on any atom is -0.333 e. The lowest BCUT2D eigenvalue weighted by Gasteiger charge is -2.36. The first-order chi connectivity index (χ1) is 11.6. The second-order valence-electron chi connectivity index (χ2n) is 5.80. The van der Waals surface area contributed by atoms with Crippen LogP contribution in [0.5, 0.6) is 0 Å². The Morgan fingerprint density at radius 3 is 3.04 bits per heavy atom. The van der Waals surface area contributed by atoms with Crippen LogP contribution in [0.25, 0.3) is 0 Å². The van der Waals surface area contributed by atoms with E-state index in [1.165, 1.54) is 11.3 Å². The van der Waals surface area contributed by atoms with Crippen LogP contribution < -0.4 is 5.32 Å². The van der Waals surface area contributed by atoms with Crippen molar-refractivity contribution in [1.29, 1.82) is 0 Å². The molecule has 1 aliphatic heterocycles. The minimum atomic E-state index is 0.0547. The van der Waals surface area contributed by atoms with Crippen LogP contribution in [0.1, 0.15) is 30.0 Å². The van der Waals surface area contributed by atoms with Crippen LogP contribution in [-0.4, -0.2) is 35.4 Å². The van der Waals surface area contributed by atoms with Crippen molar-refractivity contribution in [2.75, 3.05) is 19.6 Å². The molecule has 4 nitrogen and oxygen atoms in total. The maximum absolute atomic E-state index is 12.7. The summed E-state index contributed by atoms with van der Waals surface area (Å²) in [6, 6.07) is 5.88. The minimum absolute atomic E-state index is 0.0547. The van der Waals surface area contributed by atoms with E-state index < -0.39 is 0 Å². The van der Waals surface area contributed by atoms with Gasteiger partial charge in [0.25, 0.3) is 0 Å². The van der Waals surface area contributed by atoms with Crippen LogP contribution in [0.15, 0.2) is 30.6 Å². The highest BCUT2D eigenvalue weighted by atomic mass is 35.5. The number of hydrogen-bond acceptors (Lipinski definition) is 4. The second-order valence-corrected chi connectivity index (χ2v) is 8.08. The highest BCUT2D eigenvalue weighted by Crippen LogP contribution is 2.32. The van der Waals surface area contributed by atoms with Crippen molar-refractivity contribution in [2.24, 2.45) is 0 Å². The zero-order chi connectivity index (χ0) is 16.9. The third kappa shape index (κ3) is 4.28. The Balaban J connectivity index is 1.59. The number of hydrogen-bond donors (Lipinski definition) is 1. The summed E-state index contributed by atoms with van der Waals surface area (Å²) in [5, 5.41) is 3.36. The monoisotopic (exact) mass is 383 g/mol. The molecule has 1 saturated heterocycles. The molecule has 0 spiro atoms. The summed E-state index contributed by atoms with van der Waals surface area (Å²) in [7, 11) is 0. The number of thiophene rings is 1. The summed E-state index contributed by atoms with van der Waals surface area (Å²) in [5.41, 5.74) is 2.11. The lowest BCUT2D eigenvalue weighted by molar-refractivity contribution is -0.134. The lowest BCUT2D eigenvalue weighted by Crippen LogP contribution is -2.48. The van der Waals surface area contributed by atoms with E-state index in [1.54, 1.807) is 6.20 Å². The average molecular weight is 384 g/mol. The van der Waals surface area contributed by atoms with Gasteiger partial charge in [0, 0.05) is 38.4 Å². The van der Waals surface area contributed by atoms with Crippen molar-refractivity contribution in [1.82, 2.24) is 15.2 Å². The van der Waals surface area contributed by atoms with Gasteiger partial charge in [-0.05, 0) is 36.1 Å². The Bertz CT molecular complexity index is 692. The predicted molar refractivity (Wildman–Crippen MR) is 98.8 cm³/mol. The number of aryl methyl sites for hydroxylation is 1. The van der Waals surface area contributed by atoms with Crippen molar-refractivity contribution in [2.45, 2.75) is 25.3 Å². The van der Waals surface area contributed by atoms with E-state index in [1.807, 2.05) is 29.3 Å². The Morgan fingerprint density at radius 2 is 2.33 bits per heavy atom. The van der Waals surface area contributed by atoms with Crippen LogP contribution >= 0.6 is 34.5 Å². The number of halogens is 2. The van der Waals surface area contributed by atoms with Crippen molar-refractivity contribution in [3.63, 3.8) is 0 Å². The molecule has 1 unspecified atom stereocenters. The van der Waals surface area contributed by atoms with Gasteiger partial charge in [-0.25, -0.2) is 0 Å². The number of nitrogens with zero attached hydrogens (tertiary/aromatic N) is 2. The Kier molecular flexibility index (Phi) is 6.11. The number of piperazine rings is 1. The molecule has 1 aliphatic rings. The first kappa shape index (κ1) is 17.7. The van der Waals surface area contributed by atoms with Gasteiger partial charge in [-0.2, -0.15) is 0 Å². The first-order valence-corrected chi connectivity index (χ1v) is 9.56. The van der Waals surface area contributed by atoms with E-state index in [0.29, 0.717) is 10.8 Å². The van der Waals surface area contributed by atoms with Gasteiger partial charge in [-0.1, -0.05) is 29.3 Å². The lowest BCUT2D eigenvalue weighted by atomic mass is 10.0. The molecule has 1 N–H and O–H groups in total. The molecule has 2 aromatic heterocycles. The second kappa shape index (κ2) is 8.30. The van der Waals surface area contributed by atoms with Crippen molar-refractivity contribution in [3.8, 4) is 0 Å². The number of rotatable bonds is 5. The number of amides is 1. The zero-order valence-electron chi connectivity index (χ0n) is 13.2. The molecular weight excluding hydrogens is 365 g/mol. The van der Waals surface area contributed by atoms with Gasteiger partial charge < -0.3 is 10.2 Å². The van der Waals surface area contributed by atoms with Gasteiger partial charge in [-0.15, -0.1) is 11.3 Å². The largest absolute Gasteiger partial charge is 0.333 e. The number of pyridine rings is 1. The molecular formula is C17H19Cl2N3OS. The van der Waals surface area contributed by atoms with E-state index >= 15 is 0 Å². The SMILES string of the molecule is O=C(CCCc1cc(Cl)sc1Cl)N1CCNCC1c1cccnc1. The third-order valence-corrected chi connectivity index (χ3v) is 5.77. The van der Waals surface area contributed by atoms with Crippen molar-refractivity contribution in [3.05, 3.63) is 50.4 Å². The maximum Gasteiger partial charge on any atom is 0.223 e. The third-order valence-electron chi connectivity index (χ3n) is 4.20.